The van der Waals surface area contributed by atoms with Crippen LogP contribution in [0.4, 0.5) is 10.2 Å². The Balaban J connectivity index is 1.51. The summed E-state index contributed by atoms with van der Waals surface area (Å²) in [6, 6.07) is 13.9. The van der Waals surface area contributed by atoms with Crippen molar-refractivity contribution >= 4 is 28.5 Å². The number of ether oxygens (including phenoxy) is 1. The summed E-state index contributed by atoms with van der Waals surface area (Å²) in [5.74, 6) is -1.90. The summed E-state index contributed by atoms with van der Waals surface area (Å²) >= 11 is 0. The molecule has 0 aliphatic heterocycles. The van der Waals surface area contributed by atoms with Crippen LogP contribution >= 0.6 is 0 Å². The van der Waals surface area contributed by atoms with E-state index in [4.69, 9.17) is 15.7 Å². The van der Waals surface area contributed by atoms with Crippen molar-refractivity contribution in [2.24, 2.45) is 17.1 Å². The molecule has 0 bridgehead atoms. The number of para-hydroxylation sites is 1. The number of pyridine rings is 1. The zero-order valence-electron chi connectivity index (χ0n) is 17.4. The van der Waals surface area contributed by atoms with Gasteiger partial charge in [-0.15, -0.1) is 0 Å². The highest BCUT2D eigenvalue weighted by atomic mass is 19.1. The Kier molecular flexibility index (Phi) is 5.67. The van der Waals surface area contributed by atoms with Crippen LogP contribution in [0.1, 0.15) is 17.5 Å². The lowest BCUT2D eigenvalue weighted by Gasteiger charge is -2.15. The van der Waals surface area contributed by atoms with E-state index in [0.29, 0.717) is 11.4 Å². The molecule has 0 radical (unpaired) electrons. The Labute approximate surface area is 183 Å². The van der Waals surface area contributed by atoms with E-state index in [-0.39, 0.29) is 25.2 Å². The molecule has 2 atom stereocenters. The molecule has 1 aliphatic rings. The summed E-state index contributed by atoms with van der Waals surface area (Å²) < 4.78 is 20.5. The van der Waals surface area contributed by atoms with Gasteiger partial charge in [0.2, 0.25) is 11.8 Å². The Bertz CT molecular complexity index is 1200. The number of primary amides is 1. The van der Waals surface area contributed by atoms with Crippen molar-refractivity contribution < 1.29 is 23.9 Å². The first-order chi connectivity index (χ1) is 15.4. The number of nitrogens with two attached hydrogens (primary N) is 1. The van der Waals surface area contributed by atoms with E-state index in [1.807, 2.05) is 30.3 Å². The van der Waals surface area contributed by atoms with Crippen LogP contribution in [0.5, 0.6) is 5.75 Å². The van der Waals surface area contributed by atoms with Crippen LogP contribution in [-0.4, -0.2) is 29.1 Å². The Morgan fingerprint density at radius 3 is 2.75 bits per heavy atom. The predicted octanol–water partition coefficient (Wildman–Crippen LogP) is 2.53. The van der Waals surface area contributed by atoms with Crippen LogP contribution in [0, 0.1) is 17.2 Å². The number of aromatic nitrogens is 1. The second-order valence-corrected chi connectivity index (χ2v) is 7.92. The molecular formula is C23H23FN4O4. The third-order valence-electron chi connectivity index (χ3n) is 5.95. The van der Waals surface area contributed by atoms with Gasteiger partial charge in [0.1, 0.15) is 12.4 Å². The number of hydrogen-bond donors (Lipinski definition) is 4. The molecule has 3 aromatic rings. The summed E-state index contributed by atoms with van der Waals surface area (Å²) in [5, 5.41) is 12.7. The van der Waals surface area contributed by atoms with Gasteiger partial charge < -0.3 is 15.8 Å². The largest absolute Gasteiger partial charge is 0.486 e. The first kappa shape index (κ1) is 21.5. The van der Waals surface area contributed by atoms with Crippen LogP contribution in [0.2, 0.25) is 0 Å². The molecule has 32 heavy (non-hydrogen) atoms. The van der Waals surface area contributed by atoms with Crippen LogP contribution in [0.3, 0.4) is 0 Å². The number of nitrogens with one attached hydrogen (secondary N) is 2. The number of carbonyl (C=O) groups is 2. The molecule has 0 saturated heterocycles. The molecule has 5 N–H and O–H groups in total. The van der Waals surface area contributed by atoms with Gasteiger partial charge in [0.05, 0.1) is 16.8 Å². The van der Waals surface area contributed by atoms with Crippen molar-refractivity contribution in [2.45, 2.75) is 19.4 Å². The van der Waals surface area contributed by atoms with E-state index in [0.717, 1.165) is 16.5 Å². The summed E-state index contributed by atoms with van der Waals surface area (Å²) in [7, 11) is 1.77. The highest BCUT2D eigenvalue weighted by Crippen LogP contribution is 2.54. The average molecular weight is 438 g/mol. The highest BCUT2D eigenvalue weighted by molar-refractivity contribution is 5.95. The number of benzene rings is 2. The van der Waals surface area contributed by atoms with Crippen molar-refractivity contribution in [1.82, 2.24) is 10.5 Å². The number of carbonyl (C=O) groups excluding carboxylic acids is 2. The van der Waals surface area contributed by atoms with E-state index < -0.39 is 29.0 Å². The fourth-order valence-electron chi connectivity index (χ4n) is 4.07. The number of amides is 2. The lowest BCUT2D eigenvalue weighted by molar-refractivity contribution is -0.134. The second-order valence-electron chi connectivity index (χ2n) is 7.92. The number of fused-ring (bicyclic) bond motifs is 1. The molecule has 1 saturated carbocycles. The standard InChI is InChI=1S/C23H23FN4O4/c1-26-20-9-14(15-4-2-3-5-18(15)27-20)12-32-19-7-6-13(8-17(19)24)10-23(22(25)30)11-16(23)21(29)28-31/h2-9,16,31H,10-12H2,1H3,(H2,25,30)(H,26,27)(H,28,29). The Morgan fingerprint density at radius 1 is 1.28 bits per heavy atom. The van der Waals surface area contributed by atoms with Gasteiger partial charge >= 0.3 is 0 Å². The third kappa shape index (κ3) is 3.94. The molecule has 4 rings (SSSR count). The van der Waals surface area contributed by atoms with Crippen LogP contribution in [0.25, 0.3) is 10.9 Å². The van der Waals surface area contributed by atoms with Gasteiger partial charge in [-0.1, -0.05) is 24.3 Å². The molecule has 1 fully saturated rings. The lowest BCUT2D eigenvalue weighted by Crippen LogP contribution is -2.33. The first-order valence-electron chi connectivity index (χ1n) is 10.1. The minimum absolute atomic E-state index is 0.0641. The van der Waals surface area contributed by atoms with Crippen molar-refractivity contribution in [2.75, 3.05) is 12.4 Å². The number of rotatable bonds is 8. The molecule has 2 unspecified atom stereocenters. The van der Waals surface area contributed by atoms with Crippen molar-refractivity contribution in [3.63, 3.8) is 0 Å². The summed E-state index contributed by atoms with van der Waals surface area (Å²) in [6.45, 7) is 0.137. The molecule has 0 spiro atoms. The third-order valence-corrected chi connectivity index (χ3v) is 5.95. The number of anilines is 1. The van der Waals surface area contributed by atoms with Crippen LogP contribution in [0.15, 0.2) is 48.5 Å². The Morgan fingerprint density at radius 2 is 2.06 bits per heavy atom. The van der Waals surface area contributed by atoms with Gasteiger partial charge in [-0.25, -0.2) is 14.9 Å². The molecule has 1 heterocycles. The minimum Gasteiger partial charge on any atom is -0.486 e. The zero-order chi connectivity index (χ0) is 22.9. The van der Waals surface area contributed by atoms with Crippen molar-refractivity contribution in [3.8, 4) is 5.75 Å². The molecule has 2 aromatic carbocycles. The van der Waals surface area contributed by atoms with Gasteiger partial charge in [0.15, 0.2) is 11.6 Å². The lowest BCUT2D eigenvalue weighted by atomic mass is 9.92. The van der Waals surface area contributed by atoms with Crippen LogP contribution < -0.4 is 21.3 Å². The van der Waals surface area contributed by atoms with Gasteiger partial charge in [0.25, 0.3) is 0 Å². The minimum atomic E-state index is -1.12. The number of hydrogen-bond acceptors (Lipinski definition) is 6. The molecular weight excluding hydrogens is 415 g/mol. The number of halogens is 1. The maximum Gasteiger partial charge on any atom is 0.247 e. The monoisotopic (exact) mass is 438 g/mol. The summed E-state index contributed by atoms with van der Waals surface area (Å²) in [4.78, 5) is 28.1. The molecule has 2 amide bonds. The van der Waals surface area contributed by atoms with Gasteiger partial charge in [-0.05, 0) is 42.7 Å². The molecule has 1 aliphatic carbocycles. The smallest absolute Gasteiger partial charge is 0.247 e. The first-order valence-corrected chi connectivity index (χ1v) is 10.1. The molecule has 166 valence electrons. The zero-order valence-corrected chi connectivity index (χ0v) is 17.4. The van der Waals surface area contributed by atoms with Crippen LogP contribution in [-0.2, 0) is 22.6 Å². The highest BCUT2D eigenvalue weighted by Gasteiger charge is 2.62. The quantitative estimate of drug-likeness (QED) is 0.316. The molecule has 8 nitrogen and oxygen atoms in total. The van der Waals surface area contributed by atoms with Gasteiger partial charge in [-0.2, -0.15) is 0 Å². The summed E-state index contributed by atoms with van der Waals surface area (Å²) in [6.07, 6.45) is 0.301. The van der Waals surface area contributed by atoms with Crippen molar-refractivity contribution in [1.29, 1.82) is 0 Å². The SMILES string of the molecule is CNc1cc(COc2ccc(CC3(C(N)=O)CC3C(=O)NO)cc2F)c2ccccc2n1. The van der Waals surface area contributed by atoms with E-state index in [1.54, 1.807) is 18.6 Å². The average Bonchev–Trinajstić information content (AvgIpc) is 3.53. The number of nitrogens with zero attached hydrogens (tertiary/aromatic N) is 1. The molecule has 9 heteroatoms. The summed E-state index contributed by atoms with van der Waals surface area (Å²) in [5.41, 5.74) is 8.07. The number of hydroxylamine groups is 1. The van der Waals surface area contributed by atoms with E-state index >= 15 is 0 Å². The maximum atomic E-state index is 14.7. The molecule has 1 aromatic heterocycles. The fourth-order valence-corrected chi connectivity index (χ4v) is 4.07. The predicted molar refractivity (Wildman–Crippen MR) is 115 cm³/mol. The van der Waals surface area contributed by atoms with E-state index in [2.05, 4.69) is 10.3 Å². The van der Waals surface area contributed by atoms with E-state index in [9.17, 15) is 14.0 Å². The van der Waals surface area contributed by atoms with Gasteiger partial charge in [-0.3, -0.25) is 14.8 Å². The Hall–Kier alpha value is -3.72. The van der Waals surface area contributed by atoms with Gasteiger partial charge in [0, 0.05) is 18.0 Å². The van der Waals surface area contributed by atoms with E-state index in [1.165, 1.54) is 12.1 Å². The maximum absolute atomic E-state index is 14.7. The van der Waals surface area contributed by atoms with Crippen molar-refractivity contribution in [3.05, 3.63) is 65.5 Å². The second kappa shape index (κ2) is 8.43. The normalized spacial score (nSPS) is 19.4. The fraction of sp³-hybridized carbons (Fsp3) is 0.261. The topological polar surface area (TPSA) is 127 Å².